The van der Waals surface area contributed by atoms with Crippen LogP contribution in [0.1, 0.15) is 30.8 Å². The van der Waals surface area contributed by atoms with Crippen molar-refractivity contribution in [1.29, 1.82) is 0 Å². The third kappa shape index (κ3) is 3.45. The van der Waals surface area contributed by atoms with E-state index < -0.39 is 11.9 Å². The van der Waals surface area contributed by atoms with E-state index in [2.05, 4.69) is 15.4 Å². The van der Waals surface area contributed by atoms with Gasteiger partial charge in [-0.05, 0) is 31.0 Å². The molecule has 0 aliphatic carbocycles. The van der Waals surface area contributed by atoms with Gasteiger partial charge in [0.25, 0.3) is 0 Å². The summed E-state index contributed by atoms with van der Waals surface area (Å²) in [5.74, 6) is 1.68. The summed E-state index contributed by atoms with van der Waals surface area (Å²) in [4.78, 5) is 16.7. The highest BCUT2D eigenvalue weighted by Crippen LogP contribution is 2.38. The number of carbonyl (C=O) groups excluding carboxylic acids is 1. The van der Waals surface area contributed by atoms with Gasteiger partial charge in [-0.1, -0.05) is 6.07 Å². The van der Waals surface area contributed by atoms with E-state index in [4.69, 9.17) is 20.3 Å². The average molecular weight is 373 g/mol. The Balaban J connectivity index is 2.13. The van der Waals surface area contributed by atoms with Gasteiger partial charge in [-0.2, -0.15) is 10.1 Å². The Morgan fingerprint density at radius 3 is 2.70 bits per heavy atom. The predicted octanol–water partition coefficient (Wildman–Crippen LogP) is 0.994. The fraction of sp³-hybridized carbons (Fsp3) is 0.389. The zero-order valence-corrected chi connectivity index (χ0v) is 15.5. The molecule has 2 heterocycles. The van der Waals surface area contributed by atoms with Crippen LogP contribution in [0.25, 0.3) is 0 Å². The van der Waals surface area contributed by atoms with Crippen LogP contribution in [0.3, 0.4) is 0 Å². The molecule has 27 heavy (non-hydrogen) atoms. The number of anilines is 1. The van der Waals surface area contributed by atoms with Gasteiger partial charge in [0, 0.05) is 18.7 Å². The van der Waals surface area contributed by atoms with Crippen LogP contribution in [-0.4, -0.2) is 46.6 Å². The van der Waals surface area contributed by atoms with Gasteiger partial charge in [0.15, 0.2) is 17.3 Å². The summed E-state index contributed by atoms with van der Waals surface area (Å²) in [6.45, 7) is 1.83. The van der Waals surface area contributed by atoms with Crippen molar-refractivity contribution in [3.05, 3.63) is 40.9 Å². The molecule has 2 aromatic rings. The van der Waals surface area contributed by atoms with Gasteiger partial charge >= 0.3 is 0 Å². The van der Waals surface area contributed by atoms with Crippen molar-refractivity contribution in [2.24, 2.45) is 5.73 Å². The molecule has 9 nitrogen and oxygen atoms in total. The van der Waals surface area contributed by atoms with Crippen molar-refractivity contribution >= 4 is 11.9 Å². The van der Waals surface area contributed by atoms with E-state index in [1.807, 2.05) is 6.07 Å². The lowest BCUT2D eigenvalue weighted by molar-refractivity contribution is -0.115. The fourth-order valence-corrected chi connectivity index (χ4v) is 3.19. The molecule has 1 unspecified atom stereocenters. The topological polar surface area (TPSA) is 125 Å². The normalized spacial score (nSPS) is 15.9. The third-order valence-corrected chi connectivity index (χ3v) is 4.44. The van der Waals surface area contributed by atoms with Gasteiger partial charge in [0.2, 0.25) is 11.9 Å². The molecule has 1 aliphatic heterocycles. The average Bonchev–Trinajstić information content (AvgIpc) is 3.06. The molecule has 0 radical (unpaired) electrons. The van der Waals surface area contributed by atoms with Crippen molar-refractivity contribution in [1.82, 2.24) is 14.8 Å². The van der Waals surface area contributed by atoms with Crippen LogP contribution in [0.4, 0.5) is 5.95 Å². The first-order valence-corrected chi connectivity index (χ1v) is 8.56. The molecule has 0 saturated carbocycles. The lowest BCUT2D eigenvalue weighted by Gasteiger charge is -2.28. The number of hydrogen-bond acceptors (Lipinski definition) is 7. The Kier molecular flexibility index (Phi) is 5.31. The van der Waals surface area contributed by atoms with E-state index in [1.54, 1.807) is 38.0 Å². The highest BCUT2D eigenvalue weighted by atomic mass is 16.5. The molecule has 144 valence electrons. The van der Waals surface area contributed by atoms with Crippen LogP contribution in [0.2, 0.25) is 0 Å². The number of aliphatic hydroxyl groups excluding tert-OH is 1. The maximum Gasteiger partial charge on any atom is 0.248 e. The number of fused-ring (bicyclic) bond motifs is 1. The number of primary amides is 1. The molecular formula is C18H23N5O4. The van der Waals surface area contributed by atoms with E-state index in [1.165, 1.54) is 0 Å². The number of aliphatic hydroxyl groups is 1. The Labute approximate surface area is 156 Å². The predicted molar refractivity (Wildman–Crippen MR) is 98.6 cm³/mol. The van der Waals surface area contributed by atoms with Gasteiger partial charge in [0.1, 0.15) is 6.04 Å². The zero-order chi connectivity index (χ0) is 19.6. The number of aromatic nitrogens is 3. The van der Waals surface area contributed by atoms with E-state index in [0.717, 1.165) is 5.56 Å². The van der Waals surface area contributed by atoms with Crippen molar-refractivity contribution in [3.8, 4) is 11.5 Å². The fourth-order valence-electron chi connectivity index (χ4n) is 3.19. The Morgan fingerprint density at radius 1 is 1.33 bits per heavy atom. The molecule has 1 amide bonds. The number of methoxy groups -OCH3 is 2. The van der Waals surface area contributed by atoms with Crippen molar-refractivity contribution in [2.45, 2.75) is 25.8 Å². The van der Waals surface area contributed by atoms with E-state index in [9.17, 15) is 4.79 Å². The number of amides is 1. The summed E-state index contributed by atoms with van der Waals surface area (Å²) in [5.41, 5.74) is 7.45. The van der Waals surface area contributed by atoms with E-state index in [0.29, 0.717) is 47.4 Å². The standard InChI is InChI=1S/C18H23N5O4/c1-10-15(17(19)25)16(11-6-7-12(26-2)13(9-11)27-3)23-18(20-10)21-14(22-23)5-4-8-24/h6-7,9,16,24H,4-5,8H2,1-3H3,(H2,19,25)(H,20,21,22). The summed E-state index contributed by atoms with van der Waals surface area (Å²) in [7, 11) is 3.11. The summed E-state index contributed by atoms with van der Waals surface area (Å²) >= 11 is 0. The number of nitrogens with two attached hydrogens (primary N) is 1. The molecule has 0 fully saturated rings. The summed E-state index contributed by atoms with van der Waals surface area (Å²) < 4.78 is 12.3. The summed E-state index contributed by atoms with van der Waals surface area (Å²) in [6.07, 6.45) is 1.08. The Bertz CT molecular complexity index is 890. The third-order valence-electron chi connectivity index (χ3n) is 4.44. The Morgan fingerprint density at radius 2 is 2.07 bits per heavy atom. The minimum Gasteiger partial charge on any atom is -0.493 e. The molecule has 3 rings (SSSR count). The first kappa shape index (κ1) is 18.7. The van der Waals surface area contributed by atoms with Gasteiger partial charge in [-0.15, -0.1) is 0 Å². The molecule has 0 spiro atoms. The molecule has 9 heteroatoms. The van der Waals surface area contributed by atoms with E-state index >= 15 is 0 Å². The highest BCUT2D eigenvalue weighted by Gasteiger charge is 2.33. The minimum absolute atomic E-state index is 0.0558. The molecule has 0 saturated heterocycles. The molecule has 1 aromatic heterocycles. The first-order valence-electron chi connectivity index (χ1n) is 8.56. The number of nitrogens with zero attached hydrogens (tertiary/aromatic N) is 3. The zero-order valence-electron chi connectivity index (χ0n) is 15.5. The van der Waals surface area contributed by atoms with Crippen LogP contribution < -0.4 is 20.5 Å². The molecule has 1 aliphatic rings. The quantitative estimate of drug-likeness (QED) is 0.661. The van der Waals surface area contributed by atoms with Crippen molar-refractivity contribution in [3.63, 3.8) is 0 Å². The minimum atomic E-state index is -0.547. The number of aryl methyl sites for hydroxylation is 1. The summed E-state index contributed by atoms with van der Waals surface area (Å²) in [6, 6.07) is 4.86. The van der Waals surface area contributed by atoms with Crippen molar-refractivity contribution < 1.29 is 19.4 Å². The second kappa shape index (κ2) is 7.67. The van der Waals surface area contributed by atoms with Gasteiger partial charge in [-0.3, -0.25) is 4.79 Å². The van der Waals surface area contributed by atoms with Gasteiger partial charge < -0.3 is 25.6 Å². The summed E-state index contributed by atoms with van der Waals surface area (Å²) in [5, 5.41) is 16.7. The lowest BCUT2D eigenvalue weighted by atomic mass is 9.95. The number of benzene rings is 1. The van der Waals surface area contributed by atoms with Crippen LogP contribution in [0, 0.1) is 0 Å². The molecule has 0 bridgehead atoms. The van der Waals surface area contributed by atoms with Crippen LogP contribution in [0.15, 0.2) is 29.5 Å². The van der Waals surface area contributed by atoms with Crippen LogP contribution >= 0.6 is 0 Å². The van der Waals surface area contributed by atoms with Gasteiger partial charge in [-0.25, -0.2) is 4.68 Å². The molecular weight excluding hydrogens is 350 g/mol. The Hall–Kier alpha value is -3.07. The second-order valence-electron chi connectivity index (χ2n) is 6.17. The number of allylic oxidation sites excluding steroid dienone is 1. The lowest BCUT2D eigenvalue weighted by Crippen LogP contribution is -2.31. The monoisotopic (exact) mass is 373 g/mol. The maximum absolute atomic E-state index is 12.2. The van der Waals surface area contributed by atoms with Gasteiger partial charge in [0.05, 0.1) is 19.8 Å². The number of carbonyl (C=O) groups is 1. The van der Waals surface area contributed by atoms with Crippen LogP contribution in [-0.2, 0) is 11.2 Å². The molecule has 1 atom stereocenters. The number of hydrogen-bond donors (Lipinski definition) is 3. The van der Waals surface area contributed by atoms with Crippen molar-refractivity contribution in [2.75, 3.05) is 26.1 Å². The number of rotatable bonds is 7. The highest BCUT2D eigenvalue weighted by molar-refractivity contribution is 5.95. The smallest absolute Gasteiger partial charge is 0.248 e. The largest absolute Gasteiger partial charge is 0.493 e. The van der Waals surface area contributed by atoms with Crippen LogP contribution in [0.5, 0.6) is 11.5 Å². The van der Waals surface area contributed by atoms with E-state index in [-0.39, 0.29) is 6.61 Å². The SMILES string of the molecule is COc1ccc(C2C(C(N)=O)=C(C)Nc3nc(CCCO)nn32)cc1OC. The maximum atomic E-state index is 12.2. The molecule has 4 N–H and O–H groups in total. The number of ether oxygens (including phenoxy) is 2. The first-order chi connectivity index (χ1) is 13.0. The molecule has 1 aromatic carbocycles. The second-order valence-corrected chi connectivity index (χ2v) is 6.17. The number of nitrogens with one attached hydrogen (secondary N) is 1.